The van der Waals surface area contributed by atoms with E-state index in [2.05, 4.69) is 26.3 Å². The number of hydrogen-bond donors (Lipinski definition) is 1. The zero-order chi connectivity index (χ0) is 15.0. The van der Waals surface area contributed by atoms with Crippen LogP contribution in [0.3, 0.4) is 0 Å². The Balaban J connectivity index is 1.95. The van der Waals surface area contributed by atoms with E-state index in [1.165, 1.54) is 12.3 Å². The molecule has 0 spiro atoms. The summed E-state index contributed by atoms with van der Waals surface area (Å²) >= 11 is 3.12. The summed E-state index contributed by atoms with van der Waals surface area (Å²) in [7, 11) is 0. The first kappa shape index (κ1) is 13.8. The molecule has 6 heteroatoms. The lowest BCUT2D eigenvalue weighted by Gasteiger charge is -2.09. The third-order valence-corrected chi connectivity index (χ3v) is 3.79. The van der Waals surface area contributed by atoms with Crippen molar-refractivity contribution in [1.29, 1.82) is 0 Å². The highest BCUT2D eigenvalue weighted by Gasteiger charge is 2.14. The van der Waals surface area contributed by atoms with E-state index in [0.29, 0.717) is 21.2 Å². The van der Waals surface area contributed by atoms with Crippen LogP contribution in [0.15, 0.2) is 47.2 Å². The average Bonchev–Trinajstić information content (AvgIpc) is 2.88. The van der Waals surface area contributed by atoms with Crippen LogP contribution in [0.1, 0.15) is 15.9 Å². The number of rotatable bonds is 2. The number of pyridine rings is 1. The van der Waals surface area contributed by atoms with Crippen LogP contribution < -0.4 is 5.32 Å². The summed E-state index contributed by atoms with van der Waals surface area (Å²) in [5.74, 6) is -0.739. The topological polar surface area (TPSA) is 46.4 Å². The summed E-state index contributed by atoms with van der Waals surface area (Å²) in [6.45, 7) is 1.80. The molecule has 1 amide bonds. The number of carbonyl (C=O) groups excluding carboxylic acids is 1. The molecule has 1 N–H and O–H groups in total. The molecule has 0 saturated carbocycles. The molecule has 0 bridgehead atoms. The summed E-state index contributed by atoms with van der Waals surface area (Å²) in [5, 5.41) is 6.83. The molecule has 0 radical (unpaired) electrons. The van der Waals surface area contributed by atoms with Crippen LogP contribution in [0.5, 0.6) is 0 Å². The summed E-state index contributed by atoms with van der Waals surface area (Å²) in [6, 6.07) is 8.38. The van der Waals surface area contributed by atoms with Gasteiger partial charge in [0.2, 0.25) is 0 Å². The molecule has 3 aromatic rings. The van der Waals surface area contributed by atoms with Gasteiger partial charge in [0.15, 0.2) is 0 Å². The van der Waals surface area contributed by atoms with Gasteiger partial charge in [0.1, 0.15) is 5.82 Å². The second-order valence-electron chi connectivity index (χ2n) is 4.62. The molecule has 1 aromatic carbocycles. The number of aromatic nitrogens is 2. The van der Waals surface area contributed by atoms with Crippen molar-refractivity contribution in [1.82, 2.24) is 9.61 Å². The van der Waals surface area contributed by atoms with Crippen molar-refractivity contribution < 1.29 is 9.18 Å². The number of aryl methyl sites for hydroxylation is 1. The standard InChI is InChI=1S/C15H11BrFN3O/c1-9-6-11(16)12(17)7-13(9)19-15(21)10-8-18-20-5-3-2-4-14(10)20/h2-8H,1H3,(H,19,21). The van der Waals surface area contributed by atoms with Gasteiger partial charge in [-0.15, -0.1) is 0 Å². The van der Waals surface area contributed by atoms with Crippen molar-refractivity contribution in [2.75, 3.05) is 5.32 Å². The fourth-order valence-electron chi connectivity index (χ4n) is 2.08. The largest absolute Gasteiger partial charge is 0.322 e. The van der Waals surface area contributed by atoms with Crippen molar-refractivity contribution in [3.05, 3.63) is 64.1 Å². The molecule has 106 valence electrons. The maximum absolute atomic E-state index is 13.6. The highest BCUT2D eigenvalue weighted by atomic mass is 79.9. The quantitative estimate of drug-likeness (QED) is 0.766. The summed E-state index contributed by atoms with van der Waals surface area (Å²) < 4.78 is 15.6. The third kappa shape index (κ3) is 2.54. The minimum Gasteiger partial charge on any atom is -0.322 e. The van der Waals surface area contributed by atoms with Gasteiger partial charge in [-0.1, -0.05) is 6.07 Å². The number of halogens is 2. The molecule has 0 unspecified atom stereocenters. The van der Waals surface area contributed by atoms with Crippen LogP contribution in [-0.2, 0) is 0 Å². The Morgan fingerprint density at radius 1 is 1.38 bits per heavy atom. The van der Waals surface area contributed by atoms with Crippen LogP contribution in [0.4, 0.5) is 10.1 Å². The molecule has 21 heavy (non-hydrogen) atoms. The number of hydrogen-bond acceptors (Lipinski definition) is 2. The minimum atomic E-state index is -0.421. The maximum atomic E-state index is 13.6. The van der Waals surface area contributed by atoms with E-state index >= 15 is 0 Å². The smallest absolute Gasteiger partial charge is 0.259 e. The van der Waals surface area contributed by atoms with Crippen molar-refractivity contribution in [3.8, 4) is 0 Å². The van der Waals surface area contributed by atoms with Crippen LogP contribution >= 0.6 is 15.9 Å². The maximum Gasteiger partial charge on any atom is 0.259 e. The first-order valence-electron chi connectivity index (χ1n) is 6.25. The van der Waals surface area contributed by atoms with E-state index in [0.717, 1.165) is 5.56 Å². The molecule has 3 rings (SSSR count). The Morgan fingerprint density at radius 2 is 2.19 bits per heavy atom. The Kier molecular flexibility index (Phi) is 3.47. The van der Waals surface area contributed by atoms with Gasteiger partial charge in [-0.3, -0.25) is 4.79 Å². The number of fused-ring (bicyclic) bond motifs is 1. The van der Waals surface area contributed by atoms with Crippen LogP contribution in [-0.4, -0.2) is 15.5 Å². The SMILES string of the molecule is Cc1cc(Br)c(F)cc1NC(=O)c1cnn2ccccc12. The van der Waals surface area contributed by atoms with E-state index in [9.17, 15) is 9.18 Å². The molecule has 0 aliphatic carbocycles. The molecule has 2 heterocycles. The number of amides is 1. The Labute approximate surface area is 128 Å². The van der Waals surface area contributed by atoms with Crippen molar-refractivity contribution in [2.24, 2.45) is 0 Å². The van der Waals surface area contributed by atoms with Crippen molar-refractivity contribution in [3.63, 3.8) is 0 Å². The Morgan fingerprint density at radius 3 is 3.00 bits per heavy atom. The van der Waals surface area contributed by atoms with E-state index in [1.807, 2.05) is 12.1 Å². The van der Waals surface area contributed by atoms with Gasteiger partial charge in [0.25, 0.3) is 5.91 Å². The first-order chi connectivity index (χ1) is 10.1. The fourth-order valence-corrected chi connectivity index (χ4v) is 2.54. The molecule has 0 saturated heterocycles. The van der Waals surface area contributed by atoms with Gasteiger partial charge in [0, 0.05) is 11.9 Å². The first-order valence-corrected chi connectivity index (χ1v) is 7.05. The predicted molar refractivity (Wildman–Crippen MR) is 82.0 cm³/mol. The normalized spacial score (nSPS) is 10.8. The van der Waals surface area contributed by atoms with E-state index < -0.39 is 5.82 Å². The molecule has 0 aliphatic heterocycles. The van der Waals surface area contributed by atoms with Gasteiger partial charge in [-0.25, -0.2) is 8.91 Å². The summed E-state index contributed by atoms with van der Waals surface area (Å²) in [6.07, 6.45) is 3.26. The second kappa shape index (κ2) is 5.29. The van der Waals surface area contributed by atoms with Gasteiger partial charge in [-0.2, -0.15) is 5.10 Å². The average molecular weight is 348 g/mol. The van der Waals surface area contributed by atoms with Gasteiger partial charge >= 0.3 is 0 Å². The second-order valence-corrected chi connectivity index (χ2v) is 5.48. The fraction of sp³-hybridized carbons (Fsp3) is 0.0667. The molecule has 0 aliphatic rings. The lowest BCUT2D eigenvalue weighted by atomic mass is 10.2. The van der Waals surface area contributed by atoms with Crippen molar-refractivity contribution in [2.45, 2.75) is 6.92 Å². The molecule has 2 aromatic heterocycles. The highest BCUT2D eigenvalue weighted by Crippen LogP contribution is 2.24. The van der Waals surface area contributed by atoms with Crippen LogP contribution in [0.2, 0.25) is 0 Å². The van der Waals surface area contributed by atoms with E-state index in [1.54, 1.807) is 29.8 Å². The molecule has 0 fully saturated rings. The van der Waals surface area contributed by atoms with Crippen LogP contribution in [0.25, 0.3) is 5.52 Å². The number of nitrogens with zero attached hydrogens (tertiary/aromatic N) is 2. The van der Waals surface area contributed by atoms with E-state index in [-0.39, 0.29) is 5.91 Å². The Bertz CT molecular complexity index is 844. The zero-order valence-electron chi connectivity index (χ0n) is 11.1. The third-order valence-electron chi connectivity index (χ3n) is 3.19. The lowest BCUT2D eigenvalue weighted by Crippen LogP contribution is -2.12. The summed E-state index contributed by atoms with van der Waals surface area (Å²) in [5.41, 5.74) is 2.35. The number of anilines is 1. The number of carbonyl (C=O) groups is 1. The highest BCUT2D eigenvalue weighted by molar-refractivity contribution is 9.10. The molecule has 4 nitrogen and oxygen atoms in total. The molecule has 0 atom stereocenters. The predicted octanol–water partition coefficient (Wildman–Crippen LogP) is 3.80. The molecular formula is C15H11BrFN3O. The lowest BCUT2D eigenvalue weighted by molar-refractivity contribution is 0.102. The molecular weight excluding hydrogens is 337 g/mol. The summed E-state index contributed by atoms with van der Waals surface area (Å²) in [4.78, 5) is 12.3. The van der Waals surface area contributed by atoms with Gasteiger partial charge < -0.3 is 5.32 Å². The number of nitrogens with one attached hydrogen (secondary N) is 1. The van der Waals surface area contributed by atoms with Crippen molar-refractivity contribution >= 4 is 33.0 Å². The monoisotopic (exact) mass is 347 g/mol. The zero-order valence-corrected chi connectivity index (χ0v) is 12.7. The van der Waals surface area contributed by atoms with Gasteiger partial charge in [-0.05, 0) is 52.7 Å². The van der Waals surface area contributed by atoms with Gasteiger partial charge in [0.05, 0.1) is 21.7 Å². The van der Waals surface area contributed by atoms with Crippen LogP contribution in [0, 0.1) is 12.7 Å². The Hall–Kier alpha value is -2.21. The minimum absolute atomic E-state index is 0.318. The van der Waals surface area contributed by atoms with E-state index in [4.69, 9.17) is 0 Å². The number of benzene rings is 1.